The first-order valence-corrected chi connectivity index (χ1v) is 10.5. The van der Waals surface area contributed by atoms with Crippen LogP contribution in [-0.2, 0) is 4.79 Å². The topological polar surface area (TPSA) is 69.9 Å². The highest BCUT2D eigenvalue weighted by Crippen LogP contribution is 2.31. The van der Waals surface area contributed by atoms with Gasteiger partial charge in [0.25, 0.3) is 5.91 Å². The molecule has 0 aliphatic carbocycles. The number of anilines is 1. The molecule has 0 bridgehead atoms. The number of benzene rings is 3. The van der Waals surface area contributed by atoms with Crippen LogP contribution in [0.25, 0.3) is 20.8 Å². The molecule has 3 aromatic carbocycles. The monoisotopic (exact) mass is 429 g/mol. The van der Waals surface area contributed by atoms with Crippen LogP contribution in [0.3, 0.4) is 0 Å². The molecule has 1 fully saturated rings. The second-order valence-electron chi connectivity index (χ2n) is 6.61. The number of thiazole rings is 1. The van der Waals surface area contributed by atoms with Gasteiger partial charge >= 0.3 is 0 Å². The number of hydrogen-bond donors (Lipinski definition) is 1. The molecule has 1 saturated heterocycles. The third kappa shape index (κ3) is 3.47. The molecular formula is C22H15N5OS2. The van der Waals surface area contributed by atoms with E-state index in [1.807, 2.05) is 72.8 Å². The summed E-state index contributed by atoms with van der Waals surface area (Å²) < 4.78 is 1.15. The molecule has 0 saturated carbocycles. The van der Waals surface area contributed by atoms with Crippen molar-refractivity contribution in [2.24, 2.45) is 10.2 Å². The Balaban J connectivity index is 1.32. The second kappa shape index (κ2) is 7.74. The van der Waals surface area contributed by atoms with Gasteiger partial charge in [0.05, 0.1) is 21.6 Å². The van der Waals surface area contributed by atoms with Crippen LogP contribution in [0.1, 0.15) is 0 Å². The van der Waals surface area contributed by atoms with Crippen LogP contribution in [-0.4, -0.2) is 22.2 Å². The number of fused-ring (bicyclic) bond motifs is 1. The minimum absolute atomic E-state index is 0.249. The minimum atomic E-state index is -0.832. The smallest absolute Gasteiger partial charge is 0.280 e. The molecule has 1 aromatic heterocycles. The van der Waals surface area contributed by atoms with Gasteiger partial charge in [0.2, 0.25) is 6.17 Å². The SMILES string of the molecule is O=C1C(N=Nc2ccc(-c3nc4ccccc4s3)cc2)NC(=S)N1c1ccccc1. The van der Waals surface area contributed by atoms with Gasteiger partial charge in [0.1, 0.15) is 5.01 Å². The molecule has 0 spiro atoms. The van der Waals surface area contributed by atoms with E-state index in [4.69, 9.17) is 12.2 Å². The molecule has 4 aromatic rings. The maximum Gasteiger partial charge on any atom is 0.280 e. The molecular weight excluding hydrogens is 414 g/mol. The molecule has 1 aliphatic heterocycles. The van der Waals surface area contributed by atoms with E-state index in [2.05, 4.69) is 26.6 Å². The maximum atomic E-state index is 12.7. The lowest BCUT2D eigenvalue weighted by atomic mass is 10.2. The summed E-state index contributed by atoms with van der Waals surface area (Å²) in [6.45, 7) is 0. The van der Waals surface area contributed by atoms with Gasteiger partial charge in [0.15, 0.2) is 5.11 Å². The van der Waals surface area contributed by atoms with Crippen molar-refractivity contribution >= 4 is 56.2 Å². The van der Waals surface area contributed by atoms with E-state index in [0.29, 0.717) is 16.5 Å². The average molecular weight is 430 g/mol. The standard InChI is InChI=1S/C22H15N5OS2/c28-21-19(24-22(29)27(21)16-6-2-1-3-7-16)26-25-15-12-10-14(11-13-15)20-23-17-8-4-5-9-18(17)30-20/h1-13,19H,(H,24,29). The van der Waals surface area contributed by atoms with Gasteiger partial charge in [-0.05, 0) is 60.7 Å². The lowest BCUT2D eigenvalue weighted by molar-refractivity contribution is -0.118. The van der Waals surface area contributed by atoms with Gasteiger partial charge in [-0.3, -0.25) is 9.69 Å². The predicted octanol–water partition coefficient (Wildman–Crippen LogP) is 5.29. The van der Waals surface area contributed by atoms with Crippen molar-refractivity contribution in [1.29, 1.82) is 0 Å². The lowest BCUT2D eigenvalue weighted by Crippen LogP contribution is -2.30. The molecule has 5 rings (SSSR count). The summed E-state index contributed by atoms with van der Waals surface area (Å²) in [5.74, 6) is -0.249. The zero-order valence-corrected chi connectivity index (χ0v) is 17.2. The first kappa shape index (κ1) is 18.5. The minimum Gasteiger partial charge on any atom is -0.331 e. The van der Waals surface area contributed by atoms with Crippen LogP contribution in [0.5, 0.6) is 0 Å². The zero-order chi connectivity index (χ0) is 20.5. The van der Waals surface area contributed by atoms with E-state index >= 15 is 0 Å². The highest BCUT2D eigenvalue weighted by Gasteiger charge is 2.36. The summed E-state index contributed by atoms with van der Waals surface area (Å²) in [5, 5.41) is 12.6. The predicted molar refractivity (Wildman–Crippen MR) is 123 cm³/mol. The van der Waals surface area contributed by atoms with Crippen LogP contribution in [0, 0.1) is 0 Å². The number of carbonyl (C=O) groups excluding carboxylic acids is 1. The Morgan fingerprint density at radius 3 is 2.47 bits per heavy atom. The van der Waals surface area contributed by atoms with Gasteiger partial charge in [-0.1, -0.05) is 30.3 Å². The number of carbonyl (C=O) groups is 1. The molecule has 1 unspecified atom stereocenters. The number of nitrogens with zero attached hydrogens (tertiary/aromatic N) is 4. The highest BCUT2D eigenvalue weighted by molar-refractivity contribution is 7.80. The van der Waals surface area contributed by atoms with E-state index in [-0.39, 0.29) is 5.91 Å². The van der Waals surface area contributed by atoms with Crippen molar-refractivity contribution in [3.8, 4) is 10.6 Å². The van der Waals surface area contributed by atoms with Gasteiger partial charge in [-0.25, -0.2) is 4.98 Å². The first-order chi connectivity index (χ1) is 14.7. The molecule has 1 N–H and O–H groups in total. The summed E-state index contributed by atoms with van der Waals surface area (Å²) in [7, 11) is 0. The Bertz CT molecular complexity index is 1230. The molecule has 1 atom stereocenters. The van der Waals surface area contributed by atoms with Gasteiger partial charge in [-0.2, -0.15) is 10.2 Å². The molecule has 30 heavy (non-hydrogen) atoms. The van der Waals surface area contributed by atoms with E-state index < -0.39 is 6.17 Å². The van der Waals surface area contributed by atoms with Crippen molar-refractivity contribution in [2.45, 2.75) is 6.17 Å². The number of rotatable bonds is 4. The van der Waals surface area contributed by atoms with Crippen LogP contribution < -0.4 is 10.2 Å². The van der Waals surface area contributed by atoms with Gasteiger partial charge in [0, 0.05) is 5.56 Å². The number of azo groups is 1. The van der Waals surface area contributed by atoms with E-state index in [9.17, 15) is 4.79 Å². The third-order valence-electron chi connectivity index (χ3n) is 4.63. The van der Waals surface area contributed by atoms with E-state index in [0.717, 1.165) is 20.8 Å². The largest absolute Gasteiger partial charge is 0.331 e. The molecule has 1 aliphatic rings. The van der Waals surface area contributed by atoms with Crippen molar-refractivity contribution in [2.75, 3.05) is 4.90 Å². The van der Waals surface area contributed by atoms with Crippen molar-refractivity contribution in [3.05, 3.63) is 78.9 Å². The average Bonchev–Trinajstić information content (AvgIpc) is 3.33. The Labute approximate surface area is 181 Å². The number of aromatic nitrogens is 1. The Morgan fingerprint density at radius 2 is 1.70 bits per heavy atom. The summed E-state index contributed by atoms with van der Waals surface area (Å²) in [6, 6.07) is 24.9. The Morgan fingerprint density at radius 1 is 0.967 bits per heavy atom. The fraction of sp³-hybridized carbons (Fsp3) is 0.0455. The van der Waals surface area contributed by atoms with Crippen molar-refractivity contribution in [1.82, 2.24) is 10.3 Å². The summed E-state index contributed by atoms with van der Waals surface area (Å²) in [4.78, 5) is 18.8. The van der Waals surface area contributed by atoms with Crippen LogP contribution >= 0.6 is 23.6 Å². The maximum absolute atomic E-state index is 12.7. The molecule has 6 nitrogen and oxygen atoms in total. The lowest BCUT2D eigenvalue weighted by Gasteiger charge is -2.13. The van der Waals surface area contributed by atoms with Crippen LogP contribution in [0.2, 0.25) is 0 Å². The Kier molecular flexibility index (Phi) is 4.78. The molecule has 146 valence electrons. The highest BCUT2D eigenvalue weighted by atomic mass is 32.1. The normalized spacial score (nSPS) is 16.5. The second-order valence-corrected chi connectivity index (χ2v) is 8.03. The van der Waals surface area contributed by atoms with E-state index in [1.165, 1.54) is 4.90 Å². The number of hydrogen-bond acceptors (Lipinski definition) is 6. The first-order valence-electron chi connectivity index (χ1n) is 9.25. The third-order valence-corrected chi connectivity index (χ3v) is 6.01. The summed E-state index contributed by atoms with van der Waals surface area (Å²) >= 11 is 6.94. The summed E-state index contributed by atoms with van der Waals surface area (Å²) in [6.07, 6.45) is -0.832. The number of nitrogens with one attached hydrogen (secondary N) is 1. The summed E-state index contributed by atoms with van der Waals surface area (Å²) in [5.41, 5.74) is 3.36. The van der Waals surface area contributed by atoms with Crippen LogP contribution in [0.4, 0.5) is 11.4 Å². The number of thiocarbonyl (C=S) groups is 1. The number of para-hydroxylation sites is 2. The number of amides is 1. The van der Waals surface area contributed by atoms with E-state index in [1.54, 1.807) is 11.3 Å². The molecule has 8 heteroatoms. The fourth-order valence-electron chi connectivity index (χ4n) is 3.16. The fourth-order valence-corrected chi connectivity index (χ4v) is 4.43. The molecule has 2 heterocycles. The zero-order valence-electron chi connectivity index (χ0n) is 15.6. The Hall–Kier alpha value is -3.49. The quantitative estimate of drug-likeness (QED) is 0.353. The van der Waals surface area contributed by atoms with Gasteiger partial charge < -0.3 is 5.32 Å². The molecule has 1 amide bonds. The van der Waals surface area contributed by atoms with Crippen molar-refractivity contribution in [3.63, 3.8) is 0 Å². The van der Waals surface area contributed by atoms with Crippen LogP contribution in [0.15, 0.2) is 89.1 Å². The molecule has 0 radical (unpaired) electrons. The van der Waals surface area contributed by atoms with Gasteiger partial charge in [-0.15, -0.1) is 11.3 Å². The van der Waals surface area contributed by atoms with Crippen molar-refractivity contribution < 1.29 is 4.79 Å².